The molecule has 0 saturated heterocycles. The number of phenolic OH excluding ortho intramolecular Hbond substituents is 1. The number of unbranched alkanes of at least 4 members (excludes halogenated alkanes) is 8. The van der Waals surface area contributed by atoms with Gasteiger partial charge in [-0.3, -0.25) is 4.79 Å². The summed E-state index contributed by atoms with van der Waals surface area (Å²) in [7, 11) is 0. The third kappa shape index (κ3) is 18.8. The van der Waals surface area contributed by atoms with Crippen LogP contribution in [0.3, 0.4) is 0 Å². The van der Waals surface area contributed by atoms with Crippen molar-refractivity contribution in [1.82, 2.24) is 0 Å². The highest BCUT2D eigenvalue weighted by Crippen LogP contribution is 2.32. The number of carbonyl (C=O) groups excluding carboxylic acids is 1. The van der Waals surface area contributed by atoms with Gasteiger partial charge in [-0.05, 0) is 106 Å². The van der Waals surface area contributed by atoms with E-state index >= 15 is 0 Å². The van der Waals surface area contributed by atoms with E-state index < -0.39 is 0 Å². The van der Waals surface area contributed by atoms with Crippen molar-refractivity contribution in [2.24, 2.45) is 10.7 Å². The number of nitrogens with two attached hydrogens (primary N) is 3. The van der Waals surface area contributed by atoms with Crippen LogP contribution < -0.4 is 27.0 Å². The van der Waals surface area contributed by atoms with Crippen LogP contribution in [0.2, 0.25) is 5.02 Å². The standard InChI is InChI=1S/C23H32ClN3O.C16H28N2.C7H8ClNO.CH4.ClH/c1-4-6-8-14-27(15-9-7-5-2)19-12-10-18(11-13-19)26-20-16-17(3)23(28)21(24)22(20)25;1-3-5-7-13-18(14-8-6-4-2)16-11-9-15(17)10-12-16;1-4-2-3-5(9)6(8)7(4)10;;/h10-13,16H,4-9,14-15,25H2,1-3H3;9-12H,3-8,13-14,17H2,1-2H3;2-3,10H,9H2,1H3;1H4;1H. The number of hydrogen-bond acceptors (Lipinski definition) is 8. The lowest BCUT2D eigenvalue weighted by Gasteiger charge is -2.25. The smallest absolute Gasteiger partial charge is 0.202 e. The number of phenols is 1. The number of aliphatic imine (C=N–C) groups is 1. The normalized spacial score (nSPS) is 12.7. The van der Waals surface area contributed by atoms with Crippen LogP contribution in [-0.4, -0.2) is 42.8 Å². The number of nitrogens with zero attached hydrogens (tertiary/aromatic N) is 3. The van der Waals surface area contributed by atoms with Gasteiger partial charge in [0.25, 0.3) is 0 Å². The van der Waals surface area contributed by atoms with Crippen LogP contribution in [-0.2, 0) is 4.79 Å². The van der Waals surface area contributed by atoms with Crippen molar-refractivity contribution < 1.29 is 9.90 Å². The van der Waals surface area contributed by atoms with E-state index in [9.17, 15) is 9.90 Å². The van der Waals surface area contributed by atoms with Crippen LogP contribution in [0.15, 0.2) is 88.0 Å². The molecule has 0 bridgehead atoms. The number of ketones is 1. The second kappa shape index (κ2) is 30.2. The molecule has 3 aromatic carbocycles. The predicted molar refractivity (Wildman–Crippen MR) is 259 cm³/mol. The third-order valence-corrected chi connectivity index (χ3v) is 10.4. The van der Waals surface area contributed by atoms with E-state index in [0.717, 1.165) is 30.0 Å². The first-order valence-electron chi connectivity index (χ1n) is 20.5. The Labute approximate surface area is 367 Å². The van der Waals surface area contributed by atoms with Gasteiger partial charge in [0, 0.05) is 48.8 Å². The number of rotatable bonds is 19. The minimum absolute atomic E-state index is 0. The fourth-order valence-electron chi connectivity index (χ4n) is 6.04. The first-order chi connectivity index (χ1) is 26.9. The molecular formula is C47H73Cl3N6O2. The van der Waals surface area contributed by atoms with Gasteiger partial charge in [0.15, 0.2) is 0 Å². The molecule has 0 atom stereocenters. The SMILES string of the molecule is C.CCCCCN(CCCCC)c1ccc(N)cc1.CCCCCN(CCCCC)c1ccc(N=C2C=C(C)C(=O)C(Cl)=C2N)cc1.Cc1ccc(N)c(Cl)c1O.Cl. The maximum atomic E-state index is 11.9. The Balaban J connectivity index is 0.000000926. The van der Waals surface area contributed by atoms with Gasteiger partial charge in [-0.2, -0.15) is 0 Å². The number of benzene rings is 3. The molecule has 4 rings (SSSR count). The molecule has 0 spiro atoms. The summed E-state index contributed by atoms with van der Waals surface area (Å²) < 4.78 is 0. The van der Waals surface area contributed by atoms with Crippen molar-refractivity contribution >= 4 is 75.5 Å². The second-order valence-corrected chi connectivity index (χ2v) is 15.2. The number of nitrogen functional groups attached to an aromatic ring is 2. The highest BCUT2D eigenvalue weighted by molar-refractivity contribution is 6.49. The summed E-state index contributed by atoms with van der Waals surface area (Å²) in [6.07, 6.45) is 16.9. The molecular weight excluding hydrogens is 787 g/mol. The minimum Gasteiger partial charge on any atom is -0.506 e. The fraction of sp³-hybridized carbons (Fsp3) is 0.489. The Bertz CT molecular complexity index is 1660. The van der Waals surface area contributed by atoms with E-state index in [-0.39, 0.29) is 47.1 Å². The van der Waals surface area contributed by atoms with Gasteiger partial charge in [-0.25, -0.2) is 4.99 Å². The van der Waals surface area contributed by atoms with Crippen LogP contribution in [0.4, 0.5) is 28.4 Å². The maximum Gasteiger partial charge on any atom is 0.202 e. The summed E-state index contributed by atoms with van der Waals surface area (Å²) in [6, 6.07) is 19.9. The van der Waals surface area contributed by atoms with Crippen LogP contribution >= 0.6 is 35.6 Å². The average Bonchev–Trinajstić information content (AvgIpc) is 3.20. The molecule has 0 amide bonds. The van der Waals surface area contributed by atoms with Crippen molar-refractivity contribution in [2.45, 2.75) is 126 Å². The lowest BCUT2D eigenvalue weighted by Crippen LogP contribution is -2.25. The number of halogens is 3. The number of Topliss-reactive ketones (excluding diaryl/α,β-unsaturated/α-hetero) is 1. The van der Waals surface area contributed by atoms with E-state index in [2.05, 4.69) is 66.8 Å². The maximum absolute atomic E-state index is 11.9. The molecule has 0 aliphatic heterocycles. The van der Waals surface area contributed by atoms with Gasteiger partial charge in [0.2, 0.25) is 5.78 Å². The first kappa shape index (κ1) is 54.2. The van der Waals surface area contributed by atoms with Crippen molar-refractivity contribution in [2.75, 3.05) is 47.4 Å². The van der Waals surface area contributed by atoms with Gasteiger partial charge >= 0.3 is 0 Å². The van der Waals surface area contributed by atoms with Crippen LogP contribution in [0.1, 0.15) is 125 Å². The lowest BCUT2D eigenvalue weighted by atomic mass is 10.0. The number of aryl methyl sites for hydroxylation is 1. The fourth-order valence-corrected chi connectivity index (χ4v) is 6.50. The first-order valence-corrected chi connectivity index (χ1v) is 21.3. The average molecular weight is 861 g/mol. The summed E-state index contributed by atoms with van der Waals surface area (Å²) in [5, 5.41) is 9.46. The van der Waals surface area contributed by atoms with E-state index in [1.54, 1.807) is 32.1 Å². The number of anilines is 4. The second-order valence-electron chi connectivity index (χ2n) is 14.4. The molecule has 0 fully saturated rings. The molecule has 58 heavy (non-hydrogen) atoms. The zero-order valence-corrected chi connectivity index (χ0v) is 37.6. The monoisotopic (exact) mass is 858 g/mol. The molecule has 8 nitrogen and oxygen atoms in total. The largest absolute Gasteiger partial charge is 0.506 e. The van der Waals surface area contributed by atoms with E-state index in [1.807, 2.05) is 24.3 Å². The summed E-state index contributed by atoms with van der Waals surface area (Å²) in [5.41, 5.74) is 23.8. The van der Waals surface area contributed by atoms with Gasteiger partial charge in [0.05, 0.1) is 22.8 Å². The van der Waals surface area contributed by atoms with Crippen LogP contribution in [0, 0.1) is 6.92 Å². The molecule has 0 unspecified atom stereocenters. The van der Waals surface area contributed by atoms with E-state index in [0.29, 0.717) is 17.0 Å². The van der Waals surface area contributed by atoms with Gasteiger partial charge in [-0.15, -0.1) is 12.4 Å². The summed E-state index contributed by atoms with van der Waals surface area (Å²) >= 11 is 11.6. The number of aromatic hydroxyl groups is 1. The highest BCUT2D eigenvalue weighted by atomic mass is 35.5. The molecule has 3 aromatic rings. The molecule has 0 aromatic heterocycles. The van der Waals surface area contributed by atoms with Gasteiger partial charge in [0.1, 0.15) is 15.8 Å². The van der Waals surface area contributed by atoms with Crippen molar-refractivity contribution in [3.05, 3.63) is 93.6 Å². The van der Waals surface area contributed by atoms with Crippen molar-refractivity contribution in [3.8, 4) is 5.75 Å². The van der Waals surface area contributed by atoms with Gasteiger partial charge < -0.3 is 32.1 Å². The molecule has 324 valence electrons. The molecule has 11 heteroatoms. The Morgan fingerprint density at radius 2 is 1.05 bits per heavy atom. The molecule has 1 aliphatic carbocycles. The van der Waals surface area contributed by atoms with Crippen molar-refractivity contribution in [1.29, 1.82) is 0 Å². The molecule has 1 aliphatic rings. The summed E-state index contributed by atoms with van der Waals surface area (Å²) in [5.74, 6) is -0.162. The van der Waals surface area contributed by atoms with Crippen molar-refractivity contribution in [3.63, 3.8) is 0 Å². The van der Waals surface area contributed by atoms with Crippen LogP contribution in [0.5, 0.6) is 5.75 Å². The number of allylic oxidation sites excluding steroid dienone is 3. The number of hydrogen-bond donors (Lipinski definition) is 4. The van der Waals surface area contributed by atoms with Gasteiger partial charge in [-0.1, -0.05) is 116 Å². The van der Waals surface area contributed by atoms with E-state index in [4.69, 9.17) is 40.4 Å². The highest BCUT2D eigenvalue weighted by Gasteiger charge is 2.21. The Kier molecular flexibility index (Phi) is 28.2. The third-order valence-electron chi connectivity index (χ3n) is 9.62. The Hall–Kier alpha value is -3.85. The molecule has 0 saturated carbocycles. The zero-order chi connectivity index (χ0) is 41.5. The summed E-state index contributed by atoms with van der Waals surface area (Å²) in [4.78, 5) is 21.4. The lowest BCUT2D eigenvalue weighted by molar-refractivity contribution is -0.111. The number of carbonyl (C=O) groups is 1. The van der Waals surface area contributed by atoms with Crippen LogP contribution in [0.25, 0.3) is 0 Å². The topological polar surface area (TPSA) is 134 Å². The molecule has 0 heterocycles. The molecule has 0 radical (unpaired) electrons. The molecule has 7 N–H and O–H groups in total. The Morgan fingerprint density at radius 1 is 0.638 bits per heavy atom. The zero-order valence-electron chi connectivity index (χ0n) is 35.3. The summed E-state index contributed by atoms with van der Waals surface area (Å²) in [6.45, 7) is 17.0. The quantitative estimate of drug-likeness (QED) is 0.0536. The van der Waals surface area contributed by atoms with E-state index in [1.165, 1.54) is 102 Å². The predicted octanol–water partition coefficient (Wildman–Crippen LogP) is 13.3. The Morgan fingerprint density at radius 3 is 1.45 bits per heavy atom. The minimum atomic E-state index is -0.233.